The van der Waals surface area contributed by atoms with E-state index in [0.29, 0.717) is 10.1 Å². The van der Waals surface area contributed by atoms with Crippen LogP contribution in [0, 0.1) is 0 Å². The number of hydrogen-bond donors (Lipinski definition) is 1. The predicted octanol–water partition coefficient (Wildman–Crippen LogP) is 4.04. The summed E-state index contributed by atoms with van der Waals surface area (Å²) in [6, 6.07) is 9.46. The largest absolute Gasteiger partial charge is 0.357 e. The van der Waals surface area contributed by atoms with Crippen molar-refractivity contribution in [3.05, 3.63) is 35.5 Å². The number of H-pyrrole nitrogens is 1. The van der Waals surface area contributed by atoms with E-state index in [0.717, 1.165) is 0 Å². The van der Waals surface area contributed by atoms with Crippen molar-refractivity contribution in [1.29, 1.82) is 0 Å². The second-order valence-corrected chi connectivity index (χ2v) is 9.64. The number of benzene rings is 1. The molecule has 1 spiro atoms. The van der Waals surface area contributed by atoms with Crippen LogP contribution in [-0.2, 0) is 6.42 Å². The monoisotopic (exact) mass is 316 g/mol. The van der Waals surface area contributed by atoms with E-state index in [1.54, 1.807) is 5.56 Å². The van der Waals surface area contributed by atoms with E-state index in [1.165, 1.54) is 60.5 Å². The molecule has 4 heteroatoms. The Morgan fingerprint density at radius 1 is 1.14 bits per heavy atom. The minimum Gasteiger partial charge on any atom is -0.357 e. The summed E-state index contributed by atoms with van der Waals surface area (Å²) < 4.78 is 0.507. The summed E-state index contributed by atoms with van der Waals surface area (Å²) in [5.41, 5.74) is 4.45. The summed E-state index contributed by atoms with van der Waals surface area (Å²) in [5, 5.41) is 1.46. The molecule has 3 aliphatic heterocycles. The summed E-state index contributed by atoms with van der Waals surface area (Å²) in [6.45, 7) is 2.52. The van der Waals surface area contributed by atoms with Crippen LogP contribution in [0.3, 0.4) is 0 Å². The van der Waals surface area contributed by atoms with Gasteiger partial charge in [-0.2, -0.15) is 0 Å². The van der Waals surface area contributed by atoms with Crippen LogP contribution in [0.2, 0.25) is 0 Å². The topological polar surface area (TPSA) is 19.0 Å². The zero-order valence-electron chi connectivity index (χ0n) is 12.1. The minimum absolute atomic E-state index is 0.507. The lowest BCUT2D eigenvalue weighted by Crippen LogP contribution is -2.45. The van der Waals surface area contributed by atoms with Gasteiger partial charge in [-0.1, -0.05) is 18.2 Å². The molecule has 3 aliphatic rings. The number of thioether (sulfide) groups is 2. The fraction of sp³-hybridized carbons (Fsp3) is 0.529. The van der Waals surface area contributed by atoms with Crippen LogP contribution in [0.15, 0.2) is 24.3 Å². The molecule has 1 aromatic carbocycles. The SMILES string of the molecule is c1ccc2c3c([nH]c2c1)[C@H]1CC2(CCN1CC3)SCCS2. The van der Waals surface area contributed by atoms with Crippen molar-refractivity contribution in [3.8, 4) is 0 Å². The molecule has 0 amide bonds. The molecule has 0 saturated carbocycles. The lowest BCUT2D eigenvalue weighted by atomic mass is 9.90. The highest BCUT2D eigenvalue weighted by molar-refractivity contribution is 8.21. The van der Waals surface area contributed by atoms with Crippen LogP contribution in [0.25, 0.3) is 10.9 Å². The van der Waals surface area contributed by atoms with Crippen molar-refractivity contribution in [2.45, 2.75) is 29.4 Å². The van der Waals surface area contributed by atoms with Crippen molar-refractivity contribution in [2.24, 2.45) is 0 Å². The van der Waals surface area contributed by atoms with E-state index in [4.69, 9.17) is 0 Å². The smallest absolute Gasteiger partial charge is 0.0642 e. The first-order valence-electron chi connectivity index (χ1n) is 7.96. The normalized spacial score (nSPS) is 27.9. The third-order valence-electron chi connectivity index (χ3n) is 5.37. The Morgan fingerprint density at radius 3 is 2.90 bits per heavy atom. The van der Waals surface area contributed by atoms with Gasteiger partial charge in [0, 0.05) is 41.2 Å². The fourth-order valence-corrected chi connectivity index (χ4v) is 7.60. The molecule has 110 valence electrons. The third-order valence-corrected chi connectivity index (χ3v) is 8.94. The first-order valence-corrected chi connectivity index (χ1v) is 9.93. The van der Waals surface area contributed by atoms with Gasteiger partial charge >= 0.3 is 0 Å². The van der Waals surface area contributed by atoms with Crippen molar-refractivity contribution < 1.29 is 0 Å². The lowest BCUT2D eigenvalue weighted by Gasteiger charge is -2.46. The number of para-hydroxylation sites is 1. The fourth-order valence-electron chi connectivity index (χ4n) is 4.34. The molecular formula is C17H20N2S2. The Hall–Kier alpha value is -0.580. The van der Waals surface area contributed by atoms with Gasteiger partial charge in [-0.15, -0.1) is 23.5 Å². The third kappa shape index (κ3) is 1.92. The van der Waals surface area contributed by atoms with Gasteiger partial charge in [0.15, 0.2) is 0 Å². The summed E-state index contributed by atoms with van der Waals surface area (Å²) >= 11 is 4.45. The van der Waals surface area contributed by atoms with Crippen LogP contribution >= 0.6 is 23.5 Å². The number of rotatable bonds is 0. The maximum atomic E-state index is 3.76. The van der Waals surface area contributed by atoms with E-state index in [1.807, 2.05) is 0 Å². The van der Waals surface area contributed by atoms with E-state index in [9.17, 15) is 0 Å². The van der Waals surface area contributed by atoms with Crippen LogP contribution in [-0.4, -0.2) is 38.6 Å². The molecule has 0 bridgehead atoms. The standard InChI is InChI=1S/C17H20N2S2/c1-2-4-14-12(3-1)13-5-7-19-8-6-17(20-9-10-21-17)11-15(19)16(13)18-14/h1-4,15,18H,5-11H2/t15-/m1/s1. The van der Waals surface area contributed by atoms with Gasteiger partial charge in [0.1, 0.15) is 0 Å². The average molecular weight is 316 g/mol. The van der Waals surface area contributed by atoms with Gasteiger partial charge in [-0.05, 0) is 30.9 Å². The molecule has 2 nitrogen and oxygen atoms in total. The van der Waals surface area contributed by atoms with E-state index in [2.05, 4.69) is 57.7 Å². The summed E-state index contributed by atoms with van der Waals surface area (Å²) in [4.78, 5) is 6.49. The Kier molecular flexibility index (Phi) is 2.89. The molecule has 1 N–H and O–H groups in total. The van der Waals surface area contributed by atoms with E-state index < -0.39 is 0 Å². The number of nitrogens with one attached hydrogen (secondary N) is 1. The molecule has 1 aromatic heterocycles. The van der Waals surface area contributed by atoms with Crippen molar-refractivity contribution in [2.75, 3.05) is 24.6 Å². The van der Waals surface area contributed by atoms with Gasteiger partial charge in [-0.25, -0.2) is 0 Å². The molecule has 5 rings (SSSR count). The second-order valence-electron chi connectivity index (χ2n) is 6.43. The highest BCUT2D eigenvalue weighted by atomic mass is 32.2. The van der Waals surface area contributed by atoms with Crippen LogP contribution in [0.4, 0.5) is 0 Å². The molecule has 0 radical (unpaired) electrons. The number of aromatic amines is 1. The lowest BCUT2D eigenvalue weighted by molar-refractivity contribution is 0.134. The number of fused-ring (bicyclic) bond motifs is 5. The molecule has 4 heterocycles. The summed E-state index contributed by atoms with van der Waals surface area (Å²) in [6.07, 6.45) is 3.90. The Morgan fingerprint density at radius 2 is 2.00 bits per heavy atom. The van der Waals surface area contributed by atoms with Crippen molar-refractivity contribution >= 4 is 34.4 Å². The zero-order chi connectivity index (χ0) is 13.9. The second kappa shape index (κ2) is 4.71. The van der Waals surface area contributed by atoms with Gasteiger partial charge in [-0.3, -0.25) is 4.90 Å². The zero-order valence-corrected chi connectivity index (χ0v) is 13.7. The van der Waals surface area contributed by atoms with Gasteiger partial charge in [0.2, 0.25) is 0 Å². The molecule has 0 unspecified atom stereocenters. The Labute approximate surface area is 134 Å². The number of hydrogen-bond acceptors (Lipinski definition) is 3. The number of nitrogens with zero attached hydrogens (tertiary/aromatic N) is 1. The highest BCUT2D eigenvalue weighted by Crippen LogP contribution is 2.55. The minimum atomic E-state index is 0.507. The van der Waals surface area contributed by atoms with Gasteiger partial charge < -0.3 is 4.98 Å². The molecule has 2 fully saturated rings. The molecule has 1 atom stereocenters. The maximum Gasteiger partial charge on any atom is 0.0642 e. The molecular weight excluding hydrogens is 296 g/mol. The molecule has 21 heavy (non-hydrogen) atoms. The van der Waals surface area contributed by atoms with Crippen molar-refractivity contribution in [3.63, 3.8) is 0 Å². The van der Waals surface area contributed by atoms with Crippen LogP contribution in [0.1, 0.15) is 30.1 Å². The van der Waals surface area contributed by atoms with E-state index in [-0.39, 0.29) is 0 Å². The average Bonchev–Trinajstić information content (AvgIpc) is 3.12. The summed E-state index contributed by atoms with van der Waals surface area (Å²) in [7, 11) is 0. The quantitative estimate of drug-likeness (QED) is 0.791. The number of aromatic nitrogens is 1. The Balaban J connectivity index is 1.60. The molecule has 0 aliphatic carbocycles. The summed E-state index contributed by atoms with van der Waals surface area (Å²) in [5.74, 6) is 2.69. The Bertz CT molecular complexity index is 687. The van der Waals surface area contributed by atoms with Gasteiger partial charge in [0.25, 0.3) is 0 Å². The molecule has 2 aromatic rings. The maximum absolute atomic E-state index is 3.76. The van der Waals surface area contributed by atoms with Gasteiger partial charge in [0.05, 0.1) is 10.1 Å². The van der Waals surface area contributed by atoms with Crippen LogP contribution < -0.4 is 0 Å². The molecule has 2 saturated heterocycles. The predicted molar refractivity (Wildman–Crippen MR) is 93.2 cm³/mol. The number of piperidine rings is 1. The van der Waals surface area contributed by atoms with E-state index >= 15 is 0 Å². The highest BCUT2D eigenvalue weighted by Gasteiger charge is 2.45. The first kappa shape index (κ1) is 12.9. The van der Waals surface area contributed by atoms with Crippen LogP contribution in [0.5, 0.6) is 0 Å². The first-order chi connectivity index (χ1) is 10.3. The van der Waals surface area contributed by atoms with Crippen molar-refractivity contribution in [1.82, 2.24) is 9.88 Å².